The van der Waals surface area contributed by atoms with E-state index < -0.39 is 0 Å². The van der Waals surface area contributed by atoms with Crippen molar-refractivity contribution in [2.75, 3.05) is 11.9 Å². The van der Waals surface area contributed by atoms with Crippen molar-refractivity contribution in [2.24, 2.45) is 11.8 Å². The lowest BCUT2D eigenvalue weighted by molar-refractivity contribution is -0.140. The molecule has 3 N–H and O–H groups in total. The second-order valence-corrected chi connectivity index (χ2v) is 8.39. The van der Waals surface area contributed by atoms with Crippen LogP contribution in [0.25, 0.3) is 0 Å². The first kappa shape index (κ1) is 21.2. The molecule has 1 saturated carbocycles. The van der Waals surface area contributed by atoms with Crippen LogP contribution >= 0.6 is 12.2 Å². The molecule has 2 atom stereocenters. The lowest BCUT2D eigenvalue weighted by Crippen LogP contribution is -2.45. The largest absolute Gasteiger partial charge is 0.331 e. The number of anilines is 1. The first-order chi connectivity index (χ1) is 13.9. The zero-order chi connectivity index (χ0) is 21.0. The fourth-order valence-electron chi connectivity index (χ4n) is 3.97. The van der Waals surface area contributed by atoms with Crippen LogP contribution in [0.5, 0.6) is 0 Å². The van der Waals surface area contributed by atoms with Gasteiger partial charge in [0.25, 0.3) is 0 Å². The topological polar surface area (TPSA) is 90.5 Å². The van der Waals surface area contributed by atoms with E-state index in [9.17, 15) is 14.4 Å². The minimum atomic E-state index is -0.334. The molecular weight excluding hydrogens is 388 g/mol. The monoisotopic (exact) mass is 416 g/mol. The molecule has 0 bridgehead atoms. The Morgan fingerprint density at radius 2 is 1.66 bits per heavy atom. The Bertz CT molecular complexity index is 770. The fourth-order valence-corrected chi connectivity index (χ4v) is 4.14. The molecule has 0 aromatic heterocycles. The number of thiocarbonyl (C=S) groups is 1. The van der Waals surface area contributed by atoms with Crippen LogP contribution < -0.4 is 16.2 Å². The average Bonchev–Trinajstić information content (AvgIpc) is 2.95. The van der Waals surface area contributed by atoms with Gasteiger partial charge < -0.3 is 5.32 Å². The molecular formula is C21H28N4O3S. The highest BCUT2D eigenvalue weighted by atomic mass is 32.1. The third kappa shape index (κ3) is 5.12. The number of imide groups is 1. The summed E-state index contributed by atoms with van der Waals surface area (Å²) >= 11 is 5.18. The van der Waals surface area contributed by atoms with Gasteiger partial charge in [-0.05, 0) is 48.7 Å². The standard InChI is InChI=1S/C21H28N4O3S/c1-13(2)14-7-9-15(10-8-14)22-21(29)24-23-18(26)11-12-25-19(27)16-5-3-4-6-17(16)20(25)28/h7-10,13,16-17H,3-6,11-12H2,1-2H3,(H,23,26)(H2,22,24,29)/t16-,17-/m0/s1. The first-order valence-corrected chi connectivity index (χ1v) is 10.6. The van der Waals surface area contributed by atoms with Crippen LogP contribution in [0.1, 0.15) is 57.4 Å². The zero-order valence-corrected chi connectivity index (χ0v) is 17.7. The number of nitrogens with zero attached hydrogens (tertiary/aromatic N) is 1. The lowest BCUT2D eigenvalue weighted by Gasteiger charge is -2.19. The summed E-state index contributed by atoms with van der Waals surface area (Å²) in [4.78, 5) is 38.2. The number of benzene rings is 1. The van der Waals surface area contributed by atoms with E-state index in [0.29, 0.717) is 5.92 Å². The molecule has 2 aliphatic rings. The number of carbonyl (C=O) groups is 3. The van der Waals surface area contributed by atoms with Crippen LogP contribution in [0.15, 0.2) is 24.3 Å². The third-order valence-corrected chi connectivity index (χ3v) is 5.85. The first-order valence-electron chi connectivity index (χ1n) is 10.2. The van der Waals surface area contributed by atoms with Gasteiger partial charge in [0, 0.05) is 18.7 Å². The number of nitrogens with one attached hydrogen (secondary N) is 3. The molecule has 1 aromatic rings. The Hall–Kier alpha value is -2.48. The second kappa shape index (κ2) is 9.35. The van der Waals surface area contributed by atoms with E-state index in [2.05, 4.69) is 30.0 Å². The van der Waals surface area contributed by atoms with Crippen LogP contribution in [-0.2, 0) is 14.4 Å². The van der Waals surface area contributed by atoms with E-state index in [1.54, 1.807) is 0 Å². The smallest absolute Gasteiger partial charge is 0.240 e. The molecule has 3 amide bonds. The highest BCUT2D eigenvalue weighted by Gasteiger charge is 2.47. The minimum Gasteiger partial charge on any atom is -0.331 e. The van der Waals surface area contributed by atoms with Gasteiger partial charge in [-0.2, -0.15) is 0 Å². The van der Waals surface area contributed by atoms with Gasteiger partial charge >= 0.3 is 0 Å². The van der Waals surface area contributed by atoms with Crippen molar-refractivity contribution in [2.45, 2.75) is 51.9 Å². The molecule has 1 heterocycles. The number of hydrogen-bond acceptors (Lipinski definition) is 4. The van der Waals surface area contributed by atoms with Gasteiger partial charge in [0.15, 0.2) is 5.11 Å². The molecule has 0 spiro atoms. The van der Waals surface area contributed by atoms with Crippen molar-refractivity contribution in [1.82, 2.24) is 15.8 Å². The van der Waals surface area contributed by atoms with Gasteiger partial charge in [-0.1, -0.05) is 38.8 Å². The lowest BCUT2D eigenvalue weighted by atomic mass is 9.81. The van der Waals surface area contributed by atoms with Crippen molar-refractivity contribution >= 4 is 40.7 Å². The molecule has 2 fully saturated rings. The molecule has 7 nitrogen and oxygen atoms in total. The summed E-state index contributed by atoms with van der Waals surface area (Å²) in [5.41, 5.74) is 7.20. The van der Waals surface area contributed by atoms with Crippen molar-refractivity contribution in [1.29, 1.82) is 0 Å². The van der Waals surface area contributed by atoms with Crippen molar-refractivity contribution in [3.05, 3.63) is 29.8 Å². The summed E-state index contributed by atoms with van der Waals surface area (Å²) in [5, 5.41) is 3.25. The van der Waals surface area contributed by atoms with E-state index >= 15 is 0 Å². The maximum absolute atomic E-state index is 12.4. The molecule has 8 heteroatoms. The van der Waals surface area contributed by atoms with Gasteiger partial charge in [0.05, 0.1) is 11.8 Å². The Balaban J connectivity index is 1.41. The highest BCUT2D eigenvalue weighted by Crippen LogP contribution is 2.37. The predicted octanol–water partition coefficient (Wildman–Crippen LogP) is 2.69. The van der Waals surface area contributed by atoms with Crippen molar-refractivity contribution < 1.29 is 14.4 Å². The maximum Gasteiger partial charge on any atom is 0.240 e. The Labute approximate surface area is 176 Å². The summed E-state index contributed by atoms with van der Waals surface area (Å²) in [6, 6.07) is 7.90. The Kier molecular flexibility index (Phi) is 6.84. The molecule has 1 aromatic carbocycles. The van der Waals surface area contributed by atoms with E-state index in [1.807, 2.05) is 24.3 Å². The van der Waals surface area contributed by atoms with Gasteiger partial charge in [0.2, 0.25) is 17.7 Å². The zero-order valence-electron chi connectivity index (χ0n) is 16.9. The van der Waals surface area contributed by atoms with Gasteiger partial charge in [-0.25, -0.2) is 0 Å². The van der Waals surface area contributed by atoms with E-state index in [4.69, 9.17) is 12.2 Å². The average molecular weight is 417 g/mol. The molecule has 1 saturated heterocycles. The third-order valence-electron chi connectivity index (χ3n) is 5.65. The molecule has 3 rings (SSSR count). The summed E-state index contributed by atoms with van der Waals surface area (Å²) < 4.78 is 0. The Morgan fingerprint density at radius 1 is 1.07 bits per heavy atom. The number of carbonyl (C=O) groups excluding carboxylic acids is 3. The fraction of sp³-hybridized carbons (Fsp3) is 0.524. The number of likely N-dealkylation sites (tertiary alicyclic amines) is 1. The minimum absolute atomic E-state index is 0.0373. The SMILES string of the molecule is CC(C)c1ccc(NC(=S)NNC(=O)CCN2C(=O)[C@H]3CCCC[C@@H]3C2=O)cc1. The van der Waals surface area contributed by atoms with Crippen LogP contribution in [0.3, 0.4) is 0 Å². The number of hydrazine groups is 1. The molecule has 156 valence electrons. The van der Waals surface area contributed by atoms with Gasteiger partial charge in [-0.15, -0.1) is 0 Å². The number of fused-ring (bicyclic) bond motifs is 1. The van der Waals surface area contributed by atoms with Crippen LogP contribution in [0.2, 0.25) is 0 Å². The van der Waals surface area contributed by atoms with Gasteiger partial charge in [-0.3, -0.25) is 30.1 Å². The normalized spacial score (nSPS) is 21.1. The van der Waals surface area contributed by atoms with E-state index in [0.717, 1.165) is 31.4 Å². The number of hydrogen-bond donors (Lipinski definition) is 3. The molecule has 1 aliphatic heterocycles. The van der Waals surface area contributed by atoms with Crippen molar-refractivity contribution in [3.8, 4) is 0 Å². The molecule has 1 aliphatic carbocycles. The molecule has 0 radical (unpaired) electrons. The summed E-state index contributed by atoms with van der Waals surface area (Å²) in [5.74, 6) is -0.496. The number of rotatable bonds is 5. The summed E-state index contributed by atoms with van der Waals surface area (Å²) in [6.45, 7) is 4.36. The van der Waals surface area contributed by atoms with Crippen LogP contribution in [-0.4, -0.2) is 34.3 Å². The molecule has 0 unspecified atom stereocenters. The van der Waals surface area contributed by atoms with Gasteiger partial charge in [0.1, 0.15) is 0 Å². The van der Waals surface area contributed by atoms with E-state index in [-0.39, 0.29) is 47.6 Å². The maximum atomic E-state index is 12.4. The predicted molar refractivity (Wildman–Crippen MR) is 115 cm³/mol. The summed E-state index contributed by atoms with van der Waals surface area (Å²) in [6.07, 6.45) is 3.57. The molecule has 29 heavy (non-hydrogen) atoms. The van der Waals surface area contributed by atoms with Crippen LogP contribution in [0, 0.1) is 11.8 Å². The number of amides is 3. The highest BCUT2D eigenvalue weighted by molar-refractivity contribution is 7.80. The quantitative estimate of drug-likeness (QED) is 0.388. The second-order valence-electron chi connectivity index (χ2n) is 7.98. The summed E-state index contributed by atoms with van der Waals surface area (Å²) in [7, 11) is 0. The van der Waals surface area contributed by atoms with E-state index in [1.165, 1.54) is 10.5 Å². The Morgan fingerprint density at radius 3 is 2.21 bits per heavy atom. The van der Waals surface area contributed by atoms with Crippen LogP contribution in [0.4, 0.5) is 5.69 Å². The van der Waals surface area contributed by atoms with Crippen molar-refractivity contribution in [3.63, 3.8) is 0 Å².